The first-order valence-electron chi connectivity index (χ1n) is 11.0. The fourth-order valence-corrected chi connectivity index (χ4v) is 4.65. The summed E-state index contributed by atoms with van der Waals surface area (Å²) in [6.07, 6.45) is 3.06. The first kappa shape index (κ1) is 20.4. The second kappa shape index (κ2) is 8.22. The Morgan fingerprint density at radius 2 is 1.91 bits per heavy atom. The van der Waals surface area contributed by atoms with Crippen molar-refractivity contribution in [1.82, 2.24) is 14.5 Å². The van der Waals surface area contributed by atoms with Crippen molar-refractivity contribution < 1.29 is 14.0 Å². The van der Waals surface area contributed by atoms with Crippen molar-refractivity contribution in [3.8, 4) is 0 Å². The highest BCUT2D eigenvalue weighted by Crippen LogP contribution is 2.25. The Morgan fingerprint density at radius 3 is 2.69 bits per heavy atom. The van der Waals surface area contributed by atoms with Gasteiger partial charge in [0.25, 0.3) is 5.91 Å². The number of carbonyl (C=O) groups is 2. The number of benzene rings is 2. The number of hydrazone groups is 1. The van der Waals surface area contributed by atoms with Crippen molar-refractivity contribution in [1.29, 1.82) is 0 Å². The van der Waals surface area contributed by atoms with Gasteiger partial charge >= 0.3 is 0 Å². The molecule has 0 radical (unpaired) electrons. The zero-order valence-electron chi connectivity index (χ0n) is 18.0. The number of hydrogen-bond acceptors (Lipinski definition) is 3. The second-order valence-electron chi connectivity index (χ2n) is 8.52. The van der Waals surface area contributed by atoms with E-state index >= 15 is 0 Å². The van der Waals surface area contributed by atoms with Gasteiger partial charge in [0, 0.05) is 23.5 Å². The molecule has 3 heterocycles. The molecular weight excluding hydrogens is 407 g/mol. The molecule has 1 fully saturated rings. The molecule has 7 heteroatoms. The van der Waals surface area contributed by atoms with Crippen molar-refractivity contribution in [3.63, 3.8) is 0 Å². The van der Waals surface area contributed by atoms with Crippen molar-refractivity contribution in [2.24, 2.45) is 5.10 Å². The van der Waals surface area contributed by atoms with Crippen LogP contribution in [-0.2, 0) is 11.3 Å². The Kier molecular flexibility index (Phi) is 5.25. The maximum atomic E-state index is 13.5. The van der Waals surface area contributed by atoms with Gasteiger partial charge in [-0.3, -0.25) is 9.59 Å². The predicted molar refractivity (Wildman–Crippen MR) is 121 cm³/mol. The summed E-state index contributed by atoms with van der Waals surface area (Å²) in [5.41, 5.74) is 2.74. The lowest BCUT2D eigenvalue weighted by Crippen LogP contribution is -2.47. The molecule has 1 saturated heterocycles. The number of likely N-dealkylation sites (tertiary alicyclic amines) is 1. The number of nitrogens with zero attached hydrogens (tertiary/aromatic N) is 4. The summed E-state index contributed by atoms with van der Waals surface area (Å²) in [4.78, 5) is 28.5. The van der Waals surface area contributed by atoms with Crippen LogP contribution >= 0.6 is 0 Å². The lowest BCUT2D eigenvalue weighted by atomic mass is 10.0. The number of hydrogen-bond donors (Lipinski definition) is 0. The summed E-state index contributed by atoms with van der Waals surface area (Å²) in [5, 5.41) is 6.85. The van der Waals surface area contributed by atoms with Gasteiger partial charge in [-0.05, 0) is 56.0 Å². The topological polar surface area (TPSA) is 57.9 Å². The predicted octanol–water partition coefficient (Wildman–Crippen LogP) is 4.04. The molecule has 0 spiro atoms. The molecule has 1 unspecified atom stereocenters. The molecule has 5 rings (SSSR count). The van der Waals surface area contributed by atoms with Gasteiger partial charge < -0.3 is 9.47 Å². The summed E-state index contributed by atoms with van der Waals surface area (Å²) in [7, 11) is 0. The minimum absolute atomic E-state index is 0.0997. The zero-order chi connectivity index (χ0) is 22.2. The van der Waals surface area contributed by atoms with E-state index in [2.05, 4.69) is 5.10 Å². The molecule has 0 aliphatic carbocycles. The standard InChI is InChI=1S/C25H25FN4O2/c1-17-6-4-5-13-28(17)24(31)16-30-25(32)23-14-19-7-2-3-8-22(19)29(23)15-21(27-30)18-9-11-20(26)12-10-18/h2-3,7-12,14,17H,4-6,13,15-16H2,1H3. The Bertz CT molecular complexity index is 1210. The van der Waals surface area contributed by atoms with Crippen LogP contribution in [0.3, 0.4) is 0 Å². The Labute approximate surface area is 185 Å². The summed E-state index contributed by atoms with van der Waals surface area (Å²) < 4.78 is 15.4. The molecule has 32 heavy (non-hydrogen) atoms. The normalized spacial score (nSPS) is 19.0. The van der Waals surface area contributed by atoms with Crippen molar-refractivity contribution in [2.75, 3.05) is 13.1 Å². The summed E-state index contributed by atoms with van der Waals surface area (Å²) >= 11 is 0. The molecule has 0 N–H and O–H groups in total. The zero-order valence-corrected chi connectivity index (χ0v) is 18.0. The van der Waals surface area contributed by atoms with Crippen LogP contribution in [0.2, 0.25) is 0 Å². The number of piperidine rings is 1. The largest absolute Gasteiger partial charge is 0.338 e. The van der Waals surface area contributed by atoms with E-state index in [0.29, 0.717) is 30.1 Å². The first-order valence-corrected chi connectivity index (χ1v) is 11.0. The molecule has 0 saturated carbocycles. The molecule has 1 atom stereocenters. The van der Waals surface area contributed by atoms with Gasteiger partial charge in [-0.1, -0.05) is 30.3 Å². The summed E-state index contributed by atoms with van der Waals surface area (Å²) in [5.74, 6) is -0.745. The lowest BCUT2D eigenvalue weighted by molar-refractivity contribution is -0.135. The van der Waals surface area contributed by atoms with E-state index in [-0.39, 0.29) is 30.2 Å². The van der Waals surface area contributed by atoms with Crippen LogP contribution < -0.4 is 0 Å². The third-order valence-electron chi connectivity index (χ3n) is 6.40. The lowest BCUT2D eigenvalue weighted by Gasteiger charge is -2.34. The van der Waals surface area contributed by atoms with E-state index < -0.39 is 0 Å². The highest BCUT2D eigenvalue weighted by atomic mass is 19.1. The Balaban J connectivity index is 1.56. The number of fused-ring (bicyclic) bond motifs is 3. The average Bonchev–Trinajstić information content (AvgIpc) is 3.10. The van der Waals surface area contributed by atoms with Crippen LogP contribution in [0.4, 0.5) is 4.39 Å². The molecule has 2 aliphatic heterocycles. The number of amides is 2. The van der Waals surface area contributed by atoms with Gasteiger partial charge in [-0.15, -0.1) is 0 Å². The van der Waals surface area contributed by atoms with Crippen molar-refractivity contribution >= 4 is 28.4 Å². The molecule has 2 aliphatic rings. The molecule has 0 bridgehead atoms. The molecule has 164 valence electrons. The van der Waals surface area contributed by atoms with Gasteiger partial charge in [0.1, 0.15) is 18.1 Å². The minimum atomic E-state index is -0.336. The first-order chi connectivity index (χ1) is 15.5. The highest BCUT2D eigenvalue weighted by Gasteiger charge is 2.31. The van der Waals surface area contributed by atoms with Crippen LogP contribution in [0.25, 0.3) is 10.9 Å². The number of carbonyl (C=O) groups excluding carboxylic acids is 2. The van der Waals surface area contributed by atoms with Gasteiger partial charge in [0.2, 0.25) is 5.91 Å². The van der Waals surface area contributed by atoms with E-state index in [9.17, 15) is 14.0 Å². The molecule has 2 amide bonds. The smallest absolute Gasteiger partial charge is 0.291 e. The molecular formula is C25H25FN4O2. The van der Waals surface area contributed by atoms with Crippen LogP contribution in [0.1, 0.15) is 42.2 Å². The summed E-state index contributed by atoms with van der Waals surface area (Å²) in [6, 6.07) is 15.9. The molecule has 1 aromatic heterocycles. The van der Waals surface area contributed by atoms with E-state index in [1.165, 1.54) is 17.1 Å². The summed E-state index contributed by atoms with van der Waals surface area (Å²) in [6.45, 7) is 2.99. The van der Waals surface area contributed by atoms with Gasteiger partial charge in [-0.25, -0.2) is 9.40 Å². The fraction of sp³-hybridized carbons (Fsp3) is 0.320. The van der Waals surface area contributed by atoms with Gasteiger partial charge in [0.15, 0.2) is 0 Å². The maximum Gasteiger partial charge on any atom is 0.291 e. The third kappa shape index (κ3) is 3.68. The fourth-order valence-electron chi connectivity index (χ4n) is 4.65. The Hall–Kier alpha value is -3.48. The number of rotatable bonds is 3. The highest BCUT2D eigenvalue weighted by molar-refractivity contribution is 6.07. The molecule has 2 aromatic carbocycles. The van der Waals surface area contributed by atoms with E-state index in [4.69, 9.17) is 0 Å². The molecule has 3 aromatic rings. The minimum Gasteiger partial charge on any atom is -0.338 e. The third-order valence-corrected chi connectivity index (χ3v) is 6.40. The molecule has 6 nitrogen and oxygen atoms in total. The van der Waals surface area contributed by atoms with Gasteiger partial charge in [0.05, 0.1) is 12.3 Å². The van der Waals surface area contributed by atoms with Crippen LogP contribution in [-0.4, -0.2) is 51.1 Å². The number of para-hydroxylation sites is 1. The van der Waals surface area contributed by atoms with Crippen molar-refractivity contribution in [2.45, 2.75) is 38.8 Å². The van der Waals surface area contributed by atoms with Crippen molar-refractivity contribution in [3.05, 3.63) is 71.7 Å². The number of aromatic nitrogens is 1. The number of halogens is 1. The SMILES string of the molecule is CC1CCCCN1C(=O)CN1N=C(c2ccc(F)cc2)Cn2c(cc3ccccc32)C1=O. The Morgan fingerprint density at radius 1 is 1.12 bits per heavy atom. The second-order valence-corrected chi connectivity index (χ2v) is 8.52. The quantitative estimate of drug-likeness (QED) is 0.627. The van der Waals surface area contributed by atoms with E-state index in [1.54, 1.807) is 12.1 Å². The van der Waals surface area contributed by atoms with Gasteiger partial charge in [-0.2, -0.15) is 5.10 Å². The van der Waals surface area contributed by atoms with Crippen LogP contribution in [0.5, 0.6) is 0 Å². The average molecular weight is 432 g/mol. The monoisotopic (exact) mass is 432 g/mol. The maximum absolute atomic E-state index is 13.5. The van der Waals surface area contributed by atoms with Crippen LogP contribution in [0.15, 0.2) is 59.7 Å². The van der Waals surface area contributed by atoms with E-state index in [1.807, 2.05) is 46.7 Å². The van der Waals surface area contributed by atoms with Crippen LogP contribution in [0, 0.1) is 5.82 Å². The van der Waals surface area contributed by atoms with E-state index in [0.717, 1.165) is 30.2 Å².